The molecular formula is C22H25N3O5S2. The van der Waals surface area contributed by atoms with Gasteiger partial charge in [-0.15, -0.1) is 11.3 Å². The Labute approximate surface area is 191 Å². The largest absolute Gasteiger partial charge is 0.379 e. The van der Waals surface area contributed by atoms with Gasteiger partial charge < -0.3 is 4.74 Å². The lowest BCUT2D eigenvalue weighted by Gasteiger charge is -2.26. The van der Waals surface area contributed by atoms with E-state index in [4.69, 9.17) is 4.74 Å². The molecule has 2 amide bonds. The summed E-state index contributed by atoms with van der Waals surface area (Å²) in [7, 11) is -3.55. The van der Waals surface area contributed by atoms with E-state index in [1.165, 1.54) is 44.3 Å². The average Bonchev–Trinajstić information content (AvgIpc) is 3.26. The van der Waals surface area contributed by atoms with Crippen LogP contribution in [-0.2, 0) is 32.4 Å². The Morgan fingerprint density at radius 3 is 2.47 bits per heavy atom. The molecule has 1 saturated heterocycles. The van der Waals surface area contributed by atoms with E-state index in [-0.39, 0.29) is 10.8 Å². The summed E-state index contributed by atoms with van der Waals surface area (Å²) in [5, 5.41) is 0. The summed E-state index contributed by atoms with van der Waals surface area (Å²) in [5.74, 6) is -0.812. The van der Waals surface area contributed by atoms with Crippen LogP contribution in [0.25, 0.3) is 6.08 Å². The molecule has 0 radical (unpaired) electrons. The first-order valence-corrected chi connectivity index (χ1v) is 12.8. The molecule has 0 spiro atoms. The number of thiophene rings is 1. The second-order valence-electron chi connectivity index (χ2n) is 7.63. The molecule has 32 heavy (non-hydrogen) atoms. The van der Waals surface area contributed by atoms with Crippen LogP contribution >= 0.6 is 11.3 Å². The highest BCUT2D eigenvalue weighted by Crippen LogP contribution is 2.29. The highest BCUT2D eigenvalue weighted by Gasteiger charge is 2.26. The van der Waals surface area contributed by atoms with E-state index in [0.717, 1.165) is 25.7 Å². The molecule has 2 aliphatic rings. The first-order valence-electron chi connectivity index (χ1n) is 10.5. The maximum atomic E-state index is 12.6. The molecule has 1 fully saturated rings. The molecule has 2 heterocycles. The predicted octanol–water partition coefficient (Wildman–Crippen LogP) is 2.12. The molecule has 1 aromatic carbocycles. The van der Waals surface area contributed by atoms with Crippen molar-refractivity contribution >= 4 is 39.3 Å². The van der Waals surface area contributed by atoms with E-state index in [0.29, 0.717) is 36.7 Å². The van der Waals surface area contributed by atoms with Crippen molar-refractivity contribution in [1.29, 1.82) is 0 Å². The molecule has 0 saturated carbocycles. The molecule has 1 aromatic heterocycles. The highest BCUT2D eigenvalue weighted by atomic mass is 32.2. The van der Waals surface area contributed by atoms with Gasteiger partial charge in [-0.3, -0.25) is 20.4 Å². The molecule has 2 N–H and O–H groups in total. The Bertz CT molecular complexity index is 1090. The normalized spacial score (nSPS) is 17.1. The van der Waals surface area contributed by atoms with Gasteiger partial charge in [-0.05, 0) is 61.1 Å². The minimum atomic E-state index is -3.55. The number of rotatable bonds is 5. The van der Waals surface area contributed by atoms with Crippen molar-refractivity contribution in [2.24, 2.45) is 0 Å². The highest BCUT2D eigenvalue weighted by molar-refractivity contribution is 7.89. The first kappa shape index (κ1) is 22.7. The number of sulfonamides is 1. The Morgan fingerprint density at radius 1 is 1.03 bits per heavy atom. The molecule has 1 aliphatic carbocycles. The summed E-state index contributed by atoms with van der Waals surface area (Å²) in [6.07, 6.45) is 7.14. The summed E-state index contributed by atoms with van der Waals surface area (Å²) in [6.45, 7) is 1.45. The van der Waals surface area contributed by atoms with Gasteiger partial charge in [0.2, 0.25) is 10.0 Å². The van der Waals surface area contributed by atoms with E-state index < -0.39 is 15.9 Å². The van der Waals surface area contributed by atoms with Crippen molar-refractivity contribution in [2.45, 2.75) is 30.6 Å². The van der Waals surface area contributed by atoms with E-state index in [1.807, 2.05) is 6.07 Å². The molecule has 1 aliphatic heterocycles. The summed E-state index contributed by atoms with van der Waals surface area (Å²) >= 11 is 1.48. The summed E-state index contributed by atoms with van der Waals surface area (Å²) in [6, 6.07) is 8.20. The van der Waals surface area contributed by atoms with Crippen LogP contribution in [0.3, 0.4) is 0 Å². The molecule has 0 atom stereocenters. The van der Waals surface area contributed by atoms with Crippen LogP contribution in [0.15, 0.2) is 41.3 Å². The van der Waals surface area contributed by atoms with Crippen molar-refractivity contribution in [2.75, 3.05) is 26.3 Å². The van der Waals surface area contributed by atoms with E-state index >= 15 is 0 Å². The third kappa shape index (κ3) is 5.26. The van der Waals surface area contributed by atoms with Crippen molar-refractivity contribution in [3.63, 3.8) is 0 Å². The fourth-order valence-corrected chi connectivity index (χ4v) is 6.24. The number of hydrazine groups is 1. The summed E-state index contributed by atoms with van der Waals surface area (Å²) in [4.78, 5) is 26.4. The number of ether oxygens (including phenoxy) is 1. The number of nitrogens with one attached hydrogen (secondary N) is 2. The number of carbonyl (C=O) groups excluding carboxylic acids is 2. The maximum absolute atomic E-state index is 12.6. The zero-order valence-electron chi connectivity index (χ0n) is 17.5. The van der Waals surface area contributed by atoms with Gasteiger partial charge in [-0.2, -0.15) is 4.31 Å². The quantitative estimate of drug-likeness (QED) is 0.509. The van der Waals surface area contributed by atoms with Gasteiger partial charge in [0.1, 0.15) is 0 Å². The van der Waals surface area contributed by atoms with Gasteiger partial charge >= 0.3 is 0 Å². The van der Waals surface area contributed by atoms with Crippen molar-refractivity contribution in [1.82, 2.24) is 15.2 Å². The number of amides is 2. The average molecular weight is 476 g/mol. The number of hydrogen-bond donors (Lipinski definition) is 2. The summed E-state index contributed by atoms with van der Waals surface area (Å²) < 4.78 is 31.9. The number of benzene rings is 1. The minimum Gasteiger partial charge on any atom is -0.379 e. The SMILES string of the molecule is O=C(/C=C/c1ccc(S(=O)(=O)N2CCOCC2)cc1)NNC(=O)c1cc2c(s1)CCCC2. The Balaban J connectivity index is 1.30. The molecule has 10 heteroatoms. The third-order valence-electron chi connectivity index (χ3n) is 5.43. The lowest BCUT2D eigenvalue weighted by Crippen LogP contribution is -2.40. The van der Waals surface area contributed by atoms with Crippen molar-refractivity contribution in [3.05, 3.63) is 57.3 Å². The van der Waals surface area contributed by atoms with Gasteiger partial charge in [0, 0.05) is 24.0 Å². The molecule has 0 unspecified atom stereocenters. The molecule has 8 nitrogen and oxygen atoms in total. The Kier molecular flexibility index (Phi) is 7.04. The lowest BCUT2D eigenvalue weighted by molar-refractivity contribution is -0.117. The molecule has 170 valence electrons. The van der Waals surface area contributed by atoms with Gasteiger partial charge in [0.05, 0.1) is 23.0 Å². The van der Waals surface area contributed by atoms with Crippen LogP contribution in [0.5, 0.6) is 0 Å². The van der Waals surface area contributed by atoms with Crippen LogP contribution in [0, 0.1) is 0 Å². The van der Waals surface area contributed by atoms with Crippen LogP contribution < -0.4 is 10.9 Å². The number of fused-ring (bicyclic) bond motifs is 1. The van der Waals surface area contributed by atoms with Crippen LogP contribution in [-0.4, -0.2) is 50.8 Å². The molecule has 0 bridgehead atoms. The second kappa shape index (κ2) is 9.95. The van der Waals surface area contributed by atoms with E-state index in [9.17, 15) is 18.0 Å². The minimum absolute atomic E-state index is 0.201. The number of aryl methyl sites for hydroxylation is 2. The third-order valence-corrected chi connectivity index (χ3v) is 8.58. The zero-order chi connectivity index (χ0) is 22.6. The van der Waals surface area contributed by atoms with Gasteiger partial charge in [0.25, 0.3) is 11.8 Å². The zero-order valence-corrected chi connectivity index (χ0v) is 19.1. The number of nitrogens with zero attached hydrogens (tertiary/aromatic N) is 1. The van der Waals surface area contributed by atoms with Crippen LogP contribution in [0.1, 0.15) is 38.5 Å². The monoisotopic (exact) mass is 475 g/mol. The summed E-state index contributed by atoms with van der Waals surface area (Å²) in [5.41, 5.74) is 6.71. The fourth-order valence-electron chi connectivity index (χ4n) is 3.68. The molecular weight excluding hydrogens is 450 g/mol. The smallest absolute Gasteiger partial charge is 0.279 e. The maximum Gasteiger partial charge on any atom is 0.279 e. The van der Waals surface area contributed by atoms with Crippen LogP contribution in [0.2, 0.25) is 0 Å². The van der Waals surface area contributed by atoms with Gasteiger partial charge in [0.15, 0.2) is 0 Å². The topological polar surface area (TPSA) is 105 Å². The van der Waals surface area contributed by atoms with Crippen LogP contribution in [0.4, 0.5) is 0 Å². The second-order valence-corrected chi connectivity index (χ2v) is 10.7. The first-order chi connectivity index (χ1) is 15.4. The van der Waals surface area contributed by atoms with Gasteiger partial charge in [-0.1, -0.05) is 12.1 Å². The molecule has 4 rings (SSSR count). The fraction of sp³-hybridized carbons (Fsp3) is 0.364. The van der Waals surface area contributed by atoms with E-state index in [2.05, 4.69) is 10.9 Å². The Hall–Kier alpha value is -2.53. The van der Waals surface area contributed by atoms with E-state index in [1.54, 1.807) is 18.2 Å². The standard InChI is InChI=1S/C22H25N3O5S2/c26-21(23-24-22(27)20-15-17-3-1-2-4-19(17)31-20)10-7-16-5-8-18(9-6-16)32(28,29)25-11-13-30-14-12-25/h5-10,15H,1-4,11-14H2,(H,23,26)(H,24,27)/b10-7+. The predicted molar refractivity (Wildman–Crippen MR) is 122 cm³/mol. The Morgan fingerprint density at radius 2 is 1.75 bits per heavy atom. The number of carbonyl (C=O) groups is 2. The lowest BCUT2D eigenvalue weighted by atomic mass is 9.99. The number of morpholine rings is 1. The van der Waals surface area contributed by atoms with Gasteiger partial charge in [-0.25, -0.2) is 8.42 Å². The number of hydrogen-bond acceptors (Lipinski definition) is 6. The van der Waals surface area contributed by atoms with Crippen molar-refractivity contribution < 1.29 is 22.7 Å². The van der Waals surface area contributed by atoms with Crippen molar-refractivity contribution in [3.8, 4) is 0 Å². The molecule has 2 aromatic rings.